The zero-order valence-electron chi connectivity index (χ0n) is 16.6. The molecule has 0 spiro atoms. The van der Waals surface area contributed by atoms with Gasteiger partial charge in [-0.05, 0) is 51.8 Å². The Morgan fingerprint density at radius 3 is 2.85 bits per heavy atom. The van der Waals surface area contributed by atoms with E-state index in [1.54, 1.807) is 0 Å². The van der Waals surface area contributed by atoms with Crippen LogP contribution >= 0.6 is 0 Å². The van der Waals surface area contributed by atoms with Crippen LogP contribution in [0.4, 0.5) is 0 Å². The van der Waals surface area contributed by atoms with Crippen LogP contribution in [0.3, 0.4) is 0 Å². The summed E-state index contributed by atoms with van der Waals surface area (Å²) in [4.78, 5) is 21.9. The first-order valence-corrected chi connectivity index (χ1v) is 9.94. The third-order valence-corrected chi connectivity index (χ3v) is 5.34. The Kier molecular flexibility index (Phi) is 5.97. The highest BCUT2D eigenvalue weighted by molar-refractivity contribution is 5.79. The molecule has 1 aromatic carbocycles. The summed E-state index contributed by atoms with van der Waals surface area (Å²) in [6, 6.07) is 8.72. The van der Waals surface area contributed by atoms with Crippen LogP contribution in [0.2, 0.25) is 0 Å². The fourth-order valence-corrected chi connectivity index (χ4v) is 4.14. The SMILES string of the molecule is CCCN(C)C(=O)[C@@H]1CCCN(Cc2nc3ccccc3n2C(C)C)C1. The van der Waals surface area contributed by atoms with Gasteiger partial charge in [0.05, 0.1) is 23.5 Å². The normalized spacial score (nSPS) is 18.6. The Hall–Kier alpha value is -1.88. The minimum atomic E-state index is 0.122. The van der Waals surface area contributed by atoms with Gasteiger partial charge in [-0.1, -0.05) is 19.1 Å². The first-order valence-electron chi connectivity index (χ1n) is 9.94. The molecule has 0 saturated carbocycles. The summed E-state index contributed by atoms with van der Waals surface area (Å²) in [6.07, 6.45) is 3.10. The highest BCUT2D eigenvalue weighted by Crippen LogP contribution is 2.24. The molecule has 26 heavy (non-hydrogen) atoms. The Morgan fingerprint density at radius 1 is 1.35 bits per heavy atom. The van der Waals surface area contributed by atoms with Crippen molar-refractivity contribution in [1.29, 1.82) is 0 Å². The molecule has 3 rings (SSSR count). The molecule has 0 unspecified atom stereocenters. The highest BCUT2D eigenvalue weighted by atomic mass is 16.2. The number of nitrogens with zero attached hydrogens (tertiary/aromatic N) is 4. The standard InChI is InChI=1S/C21H32N4O/c1-5-12-23(4)21(26)17-9-8-13-24(14-17)15-20-22-18-10-6-7-11-19(18)25(20)16(2)3/h6-7,10-11,16-17H,5,8-9,12-15H2,1-4H3/t17-/m1/s1. The second kappa shape index (κ2) is 8.21. The fourth-order valence-electron chi connectivity index (χ4n) is 4.14. The van der Waals surface area contributed by atoms with E-state index in [1.165, 1.54) is 5.52 Å². The van der Waals surface area contributed by atoms with Gasteiger partial charge in [0.25, 0.3) is 0 Å². The van der Waals surface area contributed by atoms with Gasteiger partial charge < -0.3 is 9.47 Å². The third kappa shape index (κ3) is 3.93. The molecule has 0 aliphatic carbocycles. The quantitative estimate of drug-likeness (QED) is 0.792. The molecule has 2 aromatic rings. The molecule has 2 heterocycles. The Morgan fingerprint density at radius 2 is 2.12 bits per heavy atom. The third-order valence-electron chi connectivity index (χ3n) is 5.34. The molecule has 5 nitrogen and oxygen atoms in total. The number of para-hydroxylation sites is 2. The highest BCUT2D eigenvalue weighted by Gasteiger charge is 2.28. The molecule has 1 aliphatic rings. The van der Waals surface area contributed by atoms with Crippen molar-refractivity contribution < 1.29 is 4.79 Å². The van der Waals surface area contributed by atoms with Crippen molar-refractivity contribution in [1.82, 2.24) is 19.4 Å². The first kappa shape index (κ1) is 18.9. The van der Waals surface area contributed by atoms with Gasteiger partial charge >= 0.3 is 0 Å². The van der Waals surface area contributed by atoms with Crippen LogP contribution in [0.5, 0.6) is 0 Å². The first-order chi connectivity index (χ1) is 12.5. The van der Waals surface area contributed by atoms with E-state index in [4.69, 9.17) is 4.98 Å². The predicted molar refractivity (Wildman–Crippen MR) is 106 cm³/mol. The van der Waals surface area contributed by atoms with Crippen molar-refractivity contribution in [3.8, 4) is 0 Å². The zero-order chi connectivity index (χ0) is 18.7. The van der Waals surface area contributed by atoms with Gasteiger partial charge in [0.2, 0.25) is 5.91 Å². The van der Waals surface area contributed by atoms with Gasteiger partial charge in [-0.3, -0.25) is 9.69 Å². The molecule has 1 atom stereocenters. The average molecular weight is 357 g/mol. The molecule has 1 aromatic heterocycles. The number of hydrogen-bond donors (Lipinski definition) is 0. The number of likely N-dealkylation sites (tertiary alicyclic amines) is 1. The average Bonchev–Trinajstić information content (AvgIpc) is 2.99. The predicted octanol–water partition coefficient (Wildman–Crippen LogP) is 3.70. The summed E-state index contributed by atoms with van der Waals surface area (Å²) in [5.41, 5.74) is 2.26. The number of piperidine rings is 1. The molecule has 0 radical (unpaired) electrons. The van der Waals surface area contributed by atoms with Gasteiger partial charge in [-0.25, -0.2) is 4.98 Å². The smallest absolute Gasteiger partial charge is 0.226 e. The van der Waals surface area contributed by atoms with E-state index in [9.17, 15) is 4.79 Å². The number of rotatable bonds is 6. The second-order valence-corrected chi connectivity index (χ2v) is 7.81. The van der Waals surface area contributed by atoms with Crippen molar-refractivity contribution in [3.63, 3.8) is 0 Å². The number of hydrogen-bond acceptors (Lipinski definition) is 3. The van der Waals surface area contributed by atoms with Crippen LogP contribution in [-0.2, 0) is 11.3 Å². The molecular formula is C21H32N4O. The molecule has 1 amide bonds. The maximum absolute atomic E-state index is 12.7. The lowest BCUT2D eigenvalue weighted by Crippen LogP contribution is -2.43. The molecule has 5 heteroatoms. The van der Waals surface area contributed by atoms with Crippen LogP contribution in [-0.4, -0.2) is 51.9 Å². The van der Waals surface area contributed by atoms with Crippen molar-refractivity contribution >= 4 is 16.9 Å². The Bertz CT molecular complexity index is 752. The van der Waals surface area contributed by atoms with Crippen LogP contribution in [0.15, 0.2) is 24.3 Å². The lowest BCUT2D eigenvalue weighted by atomic mass is 9.96. The number of aromatic nitrogens is 2. The largest absolute Gasteiger partial charge is 0.345 e. The minimum absolute atomic E-state index is 0.122. The van der Waals surface area contributed by atoms with Crippen molar-refractivity contribution in [2.75, 3.05) is 26.7 Å². The number of benzene rings is 1. The van der Waals surface area contributed by atoms with Crippen LogP contribution in [0.1, 0.15) is 51.9 Å². The summed E-state index contributed by atoms with van der Waals surface area (Å²) in [5, 5.41) is 0. The number of carbonyl (C=O) groups excluding carboxylic acids is 1. The molecule has 0 N–H and O–H groups in total. The maximum Gasteiger partial charge on any atom is 0.226 e. The van der Waals surface area contributed by atoms with Crippen LogP contribution in [0, 0.1) is 5.92 Å². The van der Waals surface area contributed by atoms with Crippen molar-refractivity contribution in [2.24, 2.45) is 5.92 Å². The minimum Gasteiger partial charge on any atom is -0.345 e. The van der Waals surface area contributed by atoms with E-state index in [0.29, 0.717) is 11.9 Å². The topological polar surface area (TPSA) is 41.4 Å². The van der Waals surface area contributed by atoms with E-state index in [2.05, 4.69) is 48.4 Å². The van der Waals surface area contributed by atoms with E-state index in [0.717, 1.165) is 56.8 Å². The monoisotopic (exact) mass is 356 g/mol. The summed E-state index contributed by atoms with van der Waals surface area (Å²) >= 11 is 0. The molecule has 1 saturated heterocycles. The Balaban J connectivity index is 1.75. The lowest BCUT2D eigenvalue weighted by molar-refractivity contribution is -0.136. The summed E-state index contributed by atoms with van der Waals surface area (Å²) in [6.45, 7) is 10.1. The molecule has 1 fully saturated rings. The zero-order valence-corrected chi connectivity index (χ0v) is 16.6. The Labute approximate surface area is 157 Å². The lowest BCUT2D eigenvalue weighted by Gasteiger charge is -2.34. The van der Waals surface area contributed by atoms with Crippen LogP contribution < -0.4 is 0 Å². The van der Waals surface area contributed by atoms with E-state index < -0.39 is 0 Å². The number of amides is 1. The summed E-state index contributed by atoms with van der Waals surface area (Å²) in [5.74, 6) is 1.53. The van der Waals surface area contributed by atoms with Crippen LogP contribution in [0.25, 0.3) is 11.0 Å². The van der Waals surface area contributed by atoms with Gasteiger partial charge in [-0.2, -0.15) is 0 Å². The van der Waals surface area contributed by atoms with Gasteiger partial charge in [0, 0.05) is 26.2 Å². The van der Waals surface area contributed by atoms with E-state index >= 15 is 0 Å². The van der Waals surface area contributed by atoms with Crippen molar-refractivity contribution in [2.45, 2.75) is 52.6 Å². The molecule has 0 bridgehead atoms. The molecule has 1 aliphatic heterocycles. The van der Waals surface area contributed by atoms with Gasteiger partial charge in [-0.15, -0.1) is 0 Å². The second-order valence-electron chi connectivity index (χ2n) is 7.81. The van der Waals surface area contributed by atoms with Gasteiger partial charge in [0.1, 0.15) is 5.82 Å². The molecule has 142 valence electrons. The maximum atomic E-state index is 12.7. The number of carbonyl (C=O) groups is 1. The number of fused-ring (bicyclic) bond motifs is 1. The number of imidazole rings is 1. The van der Waals surface area contributed by atoms with E-state index in [1.807, 2.05) is 18.0 Å². The summed E-state index contributed by atoms with van der Waals surface area (Å²) in [7, 11) is 1.93. The fraction of sp³-hybridized carbons (Fsp3) is 0.619. The van der Waals surface area contributed by atoms with Gasteiger partial charge in [0.15, 0.2) is 0 Å². The summed E-state index contributed by atoms with van der Waals surface area (Å²) < 4.78 is 2.34. The van der Waals surface area contributed by atoms with E-state index in [-0.39, 0.29) is 5.92 Å². The van der Waals surface area contributed by atoms with Crippen molar-refractivity contribution in [3.05, 3.63) is 30.1 Å². The molecular weight excluding hydrogens is 324 g/mol.